The normalized spacial score (nSPS) is 14.6. The Morgan fingerprint density at radius 3 is 2.59 bits per heavy atom. The van der Waals surface area contributed by atoms with Gasteiger partial charge < -0.3 is 5.32 Å². The number of anilines is 1. The summed E-state index contributed by atoms with van der Waals surface area (Å²) in [6.07, 6.45) is 3.57. The van der Waals surface area contributed by atoms with E-state index in [0.717, 1.165) is 25.4 Å². The molecule has 2 rings (SSSR count). The van der Waals surface area contributed by atoms with Gasteiger partial charge in [-0.25, -0.2) is 0 Å². The highest BCUT2D eigenvalue weighted by Gasteiger charge is 2.24. The van der Waals surface area contributed by atoms with Gasteiger partial charge in [0.2, 0.25) is 5.91 Å². The smallest absolute Gasteiger partial charge is 0.288 e. The summed E-state index contributed by atoms with van der Waals surface area (Å²) in [7, 11) is 0. The van der Waals surface area contributed by atoms with Gasteiger partial charge in [0.1, 0.15) is 0 Å². The lowest BCUT2D eigenvalue weighted by Gasteiger charge is -2.20. The summed E-state index contributed by atoms with van der Waals surface area (Å²) in [5.41, 5.74) is 0.645. The van der Waals surface area contributed by atoms with Crippen LogP contribution in [-0.4, -0.2) is 36.2 Å². The van der Waals surface area contributed by atoms with Gasteiger partial charge in [-0.1, -0.05) is 18.7 Å². The average molecular weight is 328 g/mol. The van der Waals surface area contributed by atoms with Crippen LogP contribution in [0.15, 0.2) is 29.2 Å². The van der Waals surface area contributed by atoms with E-state index in [-0.39, 0.29) is 5.91 Å². The van der Waals surface area contributed by atoms with Crippen LogP contribution in [-0.2, 0) is 4.79 Å². The summed E-state index contributed by atoms with van der Waals surface area (Å²) in [6.45, 7) is 4.41. The van der Waals surface area contributed by atoms with Crippen molar-refractivity contribution in [1.82, 2.24) is 4.90 Å². The minimum absolute atomic E-state index is 0.0524. The van der Waals surface area contributed by atoms with Gasteiger partial charge >= 0.3 is 0 Å². The first kappa shape index (κ1) is 17.2. The van der Waals surface area contributed by atoms with E-state index in [2.05, 4.69) is 17.1 Å². The van der Waals surface area contributed by atoms with E-state index in [1.807, 2.05) is 0 Å². The number of carbonyl (C=O) groups is 1. The van der Waals surface area contributed by atoms with E-state index in [0.29, 0.717) is 28.9 Å². The zero-order valence-corrected chi connectivity index (χ0v) is 13.5. The van der Waals surface area contributed by atoms with Crippen LogP contribution in [0.25, 0.3) is 0 Å². The minimum Gasteiger partial charge on any atom is -0.325 e. The third-order valence-corrected chi connectivity index (χ3v) is 4.21. The molecular weight excluding hydrogens is 306 g/mol. The number of carbonyl (C=O) groups excluding carboxylic acids is 1. The number of nitrogens with zero attached hydrogens (tertiary/aromatic N) is 1. The van der Waals surface area contributed by atoms with E-state index < -0.39 is 5.76 Å². The molecule has 1 amide bonds. The predicted octanol–water partition coefficient (Wildman–Crippen LogP) is 4.06. The molecule has 0 aromatic heterocycles. The summed E-state index contributed by atoms with van der Waals surface area (Å²) in [6, 6.07) is 6.52. The van der Waals surface area contributed by atoms with Crippen LogP contribution in [0.5, 0.6) is 0 Å². The van der Waals surface area contributed by atoms with Crippen molar-refractivity contribution in [2.45, 2.75) is 36.8 Å². The first-order valence-corrected chi connectivity index (χ1v) is 8.52. The molecule has 3 nitrogen and oxygen atoms in total. The van der Waals surface area contributed by atoms with Crippen LogP contribution in [0.4, 0.5) is 14.5 Å². The Morgan fingerprint density at radius 2 is 2.05 bits per heavy atom. The van der Waals surface area contributed by atoms with Crippen molar-refractivity contribution in [1.29, 1.82) is 0 Å². The fourth-order valence-electron chi connectivity index (χ4n) is 2.34. The van der Waals surface area contributed by atoms with Crippen molar-refractivity contribution in [3.63, 3.8) is 0 Å². The highest BCUT2D eigenvalue weighted by molar-refractivity contribution is 7.99. The van der Waals surface area contributed by atoms with Crippen molar-refractivity contribution < 1.29 is 13.6 Å². The number of hydrogen-bond donors (Lipinski definition) is 1. The molecule has 0 atom stereocenters. The first-order valence-electron chi connectivity index (χ1n) is 7.64. The summed E-state index contributed by atoms with van der Waals surface area (Å²) in [5, 5.41) is 2.83. The second kappa shape index (κ2) is 8.48. The molecule has 1 fully saturated rings. The monoisotopic (exact) mass is 328 g/mol. The maximum absolute atomic E-state index is 12.2. The standard InChI is InChI=1S/C16H22F2N2OS/c1-2-9-20(10-12-3-4-12)11-15(21)19-13-5-7-14(8-6-13)22-16(17)18/h5-8,12,16H,2-4,9-11H2,1H3,(H,19,21). The number of rotatable bonds is 9. The Bertz CT molecular complexity index is 478. The topological polar surface area (TPSA) is 32.3 Å². The average Bonchev–Trinajstić information content (AvgIpc) is 3.24. The zero-order valence-electron chi connectivity index (χ0n) is 12.7. The molecule has 0 spiro atoms. The number of hydrogen-bond acceptors (Lipinski definition) is 3. The van der Waals surface area contributed by atoms with E-state index in [4.69, 9.17) is 0 Å². The lowest BCUT2D eigenvalue weighted by atomic mass is 10.3. The molecule has 1 aromatic carbocycles. The molecule has 1 aliphatic carbocycles. The number of benzene rings is 1. The molecule has 0 unspecified atom stereocenters. The molecule has 1 aromatic rings. The SMILES string of the molecule is CCCN(CC(=O)Nc1ccc(SC(F)F)cc1)CC1CC1. The number of nitrogens with one attached hydrogen (secondary N) is 1. The molecule has 6 heteroatoms. The lowest BCUT2D eigenvalue weighted by Crippen LogP contribution is -2.35. The quantitative estimate of drug-likeness (QED) is 0.694. The Kier molecular flexibility index (Phi) is 6.64. The van der Waals surface area contributed by atoms with Crippen LogP contribution < -0.4 is 5.32 Å². The van der Waals surface area contributed by atoms with Crippen molar-refractivity contribution in [3.8, 4) is 0 Å². The number of halogens is 2. The molecule has 0 heterocycles. The van der Waals surface area contributed by atoms with Crippen molar-refractivity contribution >= 4 is 23.4 Å². The molecule has 22 heavy (non-hydrogen) atoms. The summed E-state index contributed by atoms with van der Waals surface area (Å²) in [4.78, 5) is 14.8. The Balaban J connectivity index is 1.81. The van der Waals surface area contributed by atoms with Crippen molar-refractivity contribution in [2.24, 2.45) is 5.92 Å². The van der Waals surface area contributed by atoms with E-state index >= 15 is 0 Å². The number of thioether (sulfide) groups is 1. The predicted molar refractivity (Wildman–Crippen MR) is 86.4 cm³/mol. The first-order chi connectivity index (χ1) is 10.6. The highest BCUT2D eigenvalue weighted by atomic mass is 32.2. The Hall–Kier alpha value is -1.14. The van der Waals surface area contributed by atoms with Crippen LogP contribution in [0, 0.1) is 5.92 Å². The molecule has 0 saturated heterocycles. The largest absolute Gasteiger partial charge is 0.325 e. The minimum atomic E-state index is -2.43. The van der Waals surface area contributed by atoms with Gasteiger partial charge in [0, 0.05) is 17.1 Å². The van der Waals surface area contributed by atoms with Crippen LogP contribution in [0.1, 0.15) is 26.2 Å². The fraction of sp³-hybridized carbons (Fsp3) is 0.562. The number of amides is 1. The summed E-state index contributed by atoms with van der Waals surface area (Å²) >= 11 is 0.503. The van der Waals surface area contributed by atoms with Gasteiger partial charge in [-0.05, 0) is 56.0 Å². The van der Waals surface area contributed by atoms with Crippen LogP contribution in [0.2, 0.25) is 0 Å². The van der Waals surface area contributed by atoms with Gasteiger partial charge in [-0.3, -0.25) is 9.69 Å². The molecule has 1 saturated carbocycles. The Labute approximate surface area is 134 Å². The van der Waals surface area contributed by atoms with E-state index in [1.165, 1.54) is 12.8 Å². The zero-order chi connectivity index (χ0) is 15.9. The molecule has 0 bridgehead atoms. The third-order valence-electron chi connectivity index (χ3n) is 3.48. The van der Waals surface area contributed by atoms with Crippen molar-refractivity contribution in [2.75, 3.05) is 25.0 Å². The number of alkyl halides is 2. The second-order valence-electron chi connectivity index (χ2n) is 5.63. The van der Waals surface area contributed by atoms with E-state index in [9.17, 15) is 13.6 Å². The van der Waals surface area contributed by atoms with Gasteiger partial charge in [0.25, 0.3) is 5.76 Å². The van der Waals surface area contributed by atoms with Crippen molar-refractivity contribution in [3.05, 3.63) is 24.3 Å². The maximum atomic E-state index is 12.2. The Morgan fingerprint density at radius 1 is 1.36 bits per heavy atom. The third kappa shape index (κ3) is 6.32. The van der Waals surface area contributed by atoms with E-state index in [1.54, 1.807) is 24.3 Å². The molecule has 1 aliphatic rings. The maximum Gasteiger partial charge on any atom is 0.288 e. The van der Waals surface area contributed by atoms with Gasteiger partial charge in [-0.2, -0.15) is 8.78 Å². The molecule has 1 N–H and O–H groups in total. The highest BCUT2D eigenvalue weighted by Crippen LogP contribution is 2.29. The van der Waals surface area contributed by atoms with Gasteiger partial charge in [-0.15, -0.1) is 0 Å². The summed E-state index contributed by atoms with van der Waals surface area (Å²) < 4.78 is 24.5. The van der Waals surface area contributed by atoms with Crippen LogP contribution >= 0.6 is 11.8 Å². The lowest BCUT2D eigenvalue weighted by molar-refractivity contribution is -0.117. The van der Waals surface area contributed by atoms with Gasteiger partial charge in [0.05, 0.1) is 6.54 Å². The molecule has 0 aliphatic heterocycles. The molecular formula is C16H22F2N2OS. The van der Waals surface area contributed by atoms with Crippen LogP contribution in [0.3, 0.4) is 0 Å². The fourth-order valence-corrected chi connectivity index (χ4v) is 2.84. The summed E-state index contributed by atoms with van der Waals surface area (Å²) in [5.74, 6) is -1.72. The second-order valence-corrected chi connectivity index (χ2v) is 6.69. The molecule has 0 radical (unpaired) electrons. The molecule has 122 valence electrons. The van der Waals surface area contributed by atoms with Gasteiger partial charge in [0.15, 0.2) is 0 Å².